The van der Waals surface area contributed by atoms with E-state index in [0.29, 0.717) is 41.3 Å². The highest BCUT2D eigenvalue weighted by atomic mass is 16.4. The summed E-state index contributed by atoms with van der Waals surface area (Å²) < 4.78 is 0. The molecule has 0 saturated heterocycles. The van der Waals surface area contributed by atoms with Gasteiger partial charge >= 0.3 is 5.97 Å². The number of carboxylic acids is 1. The molecule has 2 aliphatic heterocycles. The average Bonchev–Trinajstić information content (AvgIpc) is 3.13. The van der Waals surface area contributed by atoms with Crippen molar-refractivity contribution in [3.63, 3.8) is 0 Å². The molecular formula is C43H48N2O6. The molecule has 0 bridgehead atoms. The minimum absolute atomic E-state index is 0.0655. The maximum absolute atomic E-state index is 14.4. The van der Waals surface area contributed by atoms with Gasteiger partial charge in [0.1, 0.15) is 0 Å². The Hall–Kier alpha value is -4.59. The van der Waals surface area contributed by atoms with E-state index >= 15 is 0 Å². The molecule has 4 amide bonds. The van der Waals surface area contributed by atoms with Crippen LogP contribution in [0, 0.1) is 5.92 Å². The van der Waals surface area contributed by atoms with E-state index in [2.05, 4.69) is 19.9 Å². The molecule has 8 heteroatoms. The van der Waals surface area contributed by atoms with Gasteiger partial charge < -0.3 is 5.11 Å². The average molecular weight is 689 g/mol. The molecule has 3 aliphatic carbocycles. The molecule has 2 heterocycles. The molecule has 2 aromatic rings. The third kappa shape index (κ3) is 6.00. The number of carboxylic acid groups (broad SMARTS) is 1. The maximum atomic E-state index is 14.4. The number of rotatable bonds is 17. The van der Waals surface area contributed by atoms with Gasteiger partial charge in [-0.1, -0.05) is 108 Å². The van der Waals surface area contributed by atoms with Gasteiger partial charge in [-0.25, -0.2) is 0 Å². The van der Waals surface area contributed by atoms with Crippen molar-refractivity contribution in [1.29, 1.82) is 0 Å². The van der Waals surface area contributed by atoms with E-state index < -0.39 is 11.9 Å². The van der Waals surface area contributed by atoms with Gasteiger partial charge in [0, 0.05) is 47.0 Å². The van der Waals surface area contributed by atoms with Crippen LogP contribution in [0.3, 0.4) is 0 Å². The summed E-state index contributed by atoms with van der Waals surface area (Å²) >= 11 is 0. The first kappa shape index (κ1) is 34.8. The lowest BCUT2D eigenvalue weighted by molar-refractivity contribution is -0.148. The van der Waals surface area contributed by atoms with Gasteiger partial charge in [-0.3, -0.25) is 33.8 Å². The standard InChI is InChI=1S/C43H48N2O6/c1-3-5-7-10-14-26(15-11-8-6-4-2)45-42(50)33-23-19-29-27-17-21-31-38-32(41(49)44(40(31)48)25-13-9-12-16-35(46)47)22-18-28(36(27)38)30-20-24-34(43(45)51)39(33)37(29)30/h17-24,26,29,34H,3-16,25H2,1-2H3,(H,46,47). The molecule has 2 aromatic carbocycles. The number of imide groups is 2. The molecule has 0 saturated carbocycles. The Kier molecular flexibility index (Phi) is 9.95. The van der Waals surface area contributed by atoms with Gasteiger partial charge in [-0.05, 0) is 71.0 Å². The van der Waals surface area contributed by atoms with Gasteiger partial charge in [-0.2, -0.15) is 0 Å². The quantitative estimate of drug-likeness (QED) is 0.132. The molecule has 0 spiro atoms. The summed E-state index contributed by atoms with van der Waals surface area (Å²) in [5.74, 6) is -2.57. The summed E-state index contributed by atoms with van der Waals surface area (Å²) in [5, 5.41) is 10.5. The zero-order chi connectivity index (χ0) is 35.8. The van der Waals surface area contributed by atoms with Crippen LogP contribution in [0.2, 0.25) is 0 Å². The molecule has 0 aromatic heterocycles. The Balaban J connectivity index is 1.23. The number of benzene rings is 2. The maximum Gasteiger partial charge on any atom is 0.303 e. The highest BCUT2D eigenvalue weighted by Gasteiger charge is 2.48. The number of carbonyl (C=O) groups excluding carboxylic acids is 4. The molecule has 2 unspecified atom stereocenters. The minimum atomic E-state index is -0.852. The molecule has 5 aliphatic rings. The van der Waals surface area contributed by atoms with Gasteiger partial charge in [0.05, 0.1) is 5.92 Å². The first-order valence-electron chi connectivity index (χ1n) is 19.2. The first-order valence-corrected chi connectivity index (χ1v) is 19.2. The van der Waals surface area contributed by atoms with Crippen LogP contribution in [0.5, 0.6) is 0 Å². The van der Waals surface area contributed by atoms with Crippen molar-refractivity contribution in [3.05, 3.63) is 87.5 Å². The summed E-state index contributed by atoms with van der Waals surface area (Å²) in [6, 6.07) is 7.44. The molecule has 2 atom stereocenters. The first-order chi connectivity index (χ1) is 24.8. The SMILES string of the molecule is CCCCCCC(CCCCCC)N1C(=O)C2=C3C4=C(C=CC3C1=O)c1ccc3c5c(ccc(c15)C4C=C2)C(=O)N(CCCCCC(=O)O)C3=O. The van der Waals surface area contributed by atoms with Crippen LogP contribution >= 0.6 is 0 Å². The van der Waals surface area contributed by atoms with E-state index in [4.69, 9.17) is 5.11 Å². The Morgan fingerprint density at radius 3 is 1.92 bits per heavy atom. The number of carbonyl (C=O) groups is 5. The number of nitrogens with zero attached hydrogens (tertiary/aromatic N) is 2. The van der Waals surface area contributed by atoms with Gasteiger partial charge in [0.2, 0.25) is 5.91 Å². The second-order valence-corrected chi connectivity index (χ2v) is 14.8. The number of amides is 4. The molecular weight excluding hydrogens is 640 g/mol. The minimum Gasteiger partial charge on any atom is -0.481 e. The molecule has 51 heavy (non-hydrogen) atoms. The Morgan fingerprint density at radius 2 is 1.25 bits per heavy atom. The van der Waals surface area contributed by atoms with Crippen LogP contribution in [0.4, 0.5) is 0 Å². The third-order valence-electron chi connectivity index (χ3n) is 11.5. The summed E-state index contributed by atoms with van der Waals surface area (Å²) in [7, 11) is 0. The Morgan fingerprint density at radius 1 is 0.667 bits per heavy atom. The summed E-state index contributed by atoms with van der Waals surface area (Å²) in [6.45, 7) is 4.62. The fraction of sp³-hybridized carbons (Fsp3) is 0.465. The zero-order valence-corrected chi connectivity index (χ0v) is 29.8. The highest BCUT2D eigenvalue weighted by Crippen LogP contribution is 2.55. The van der Waals surface area contributed by atoms with Crippen molar-refractivity contribution in [1.82, 2.24) is 9.80 Å². The van der Waals surface area contributed by atoms with Crippen LogP contribution in [0.15, 0.2) is 65.3 Å². The lowest BCUT2D eigenvalue weighted by Gasteiger charge is -2.44. The van der Waals surface area contributed by atoms with E-state index in [-0.39, 0.29) is 48.6 Å². The lowest BCUT2D eigenvalue weighted by atomic mass is 9.64. The van der Waals surface area contributed by atoms with E-state index in [1.54, 1.807) is 11.0 Å². The van der Waals surface area contributed by atoms with E-state index in [1.165, 1.54) is 4.90 Å². The number of unbranched alkanes of at least 4 members (excludes halogenated alkanes) is 8. The summed E-state index contributed by atoms with van der Waals surface area (Å²) in [6.07, 6.45) is 20.1. The van der Waals surface area contributed by atoms with Gasteiger partial charge in [-0.15, -0.1) is 0 Å². The predicted molar refractivity (Wildman–Crippen MR) is 197 cm³/mol. The predicted octanol–water partition coefficient (Wildman–Crippen LogP) is 8.66. The fourth-order valence-corrected chi connectivity index (χ4v) is 9.02. The van der Waals surface area contributed by atoms with E-state index in [0.717, 1.165) is 97.4 Å². The van der Waals surface area contributed by atoms with Crippen molar-refractivity contribution >= 4 is 45.9 Å². The number of hydrogen-bond donors (Lipinski definition) is 1. The van der Waals surface area contributed by atoms with Crippen molar-refractivity contribution in [2.24, 2.45) is 5.92 Å². The molecule has 266 valence electrons. The number of fused-ring (bicyclic) bond motifs is 2. The summed E-state index contributed by atoms with van der Waals surface area (Å²) in [4.78, 5) is 70.2. The molecule has 1 N–H and O–H groups in total. The van der Waals surface area contributed by atoms with E-state index in [9.17, 15) is 24.0 Å². The van der Waals surface area contributed by atoms with Gasteiger partial charge in [0.15, 0.2) is 0 Å². The number of aliphatic carboxylic acids is 1. The normalized spacial score (nSPS) is 20.1. The highest BCUT2D eigenvalue weighted by molar-refractivity contribution is 6.28. The second-order valence-electron chi connectivity index (χ2n) is 14.8. The number of allylic oxidation sites excluding steroid dienone is 4. The monoisotopic (exact) mass is 688 g/mol. The van der Waals surface area contributed by atoms with Crippen molar-refractivity contribution < 1.29 is 29.1 Å². The van der Waals surface area contributed by atoms with Crippen LogP contribution in [-0.4, -0.2) is 57.1 Å². The Bertz CT molecular complexity index is 1910. The number of hydrogen-bond acceptors (Lipinski definition) is 5. The topological polar surface area (TPSA) is 112 Å². The third-order valence-corrected chi connectivity index (χ3v) is 11.5. The molecule has 0 fully saturated rings. The van der Waals surface area contributed by atoms with Crippen LogP contribution in [0.1, 0.15) is 141 Å². The lowest BCUT2D eigenvalue weighted by Crippen LogP contribution is -2.52. The van der Waals surface area contributed by atoms with Gasteiger partial charge in [0.25, 0.3) is 17.7 Å². The second kappa shape index (κ2) is 14.6. The zero-order valence-electron chi connectivity index (χ0n) is 29.8. The molecule has 8 nitrogen and oxygen atoms in total. The van der Waals surface area contributed by atoms with Crippen molar-refractivity contribution in [2.75, 3.05) is 6.54 Å². The Labute approximate surface area is 299 Å². The van der Waals surface area contributed by atoms with Crippen LogP contribution in [0.25, 0.3) is 16.3 Å². The smallest absolute Gasteiger partial charge is 0.303 e. The summed E-state index contributed by atoms with van der Waals surface area (Å²) in [5.41, 5.74) is 6.19. The van der Waals surface area contributed by atoms with Crippen LogP contribution in [-0.2, 0) is 14.4 Å². The van der Waals surface area contributed by atoms with Crippen molar-refractivity contribution in [3.8, 4) is 0 Å². The van der Waals surface area contributed by atoms with Crippen LogP contribution < -0.4 is 0 Å². The van der Waals surface area contributed by atoms with Crippen molar-refractivity contribution in [2.45, 2.75) is 116 Å². The largest absolute Gasteiger partial charge is 0.481 e. The fourth-order valence-electron chi connectivity index (χ4n) is 9.02. The van der Waals surface area contributed by atoms with E-state index in [1.807, 2.05) is 36.4 Å². The molecule has 0 radical (unpaired) electrons. The molecule has 7 rings (SSSR count).